The van der Waals surface area contributed by atoms with Crippen LogP contribution in [0.4, 0.5) is 0 Å². The first-order chi connectivity index (χ1) is 7.66. The van der Waals surface area contributed by atoms with Crippen molar-refractivity contribution in [2.24, 2.45) is 5.73 Å². The van der Waals surface area contributed by atoms with E-state index < -0.39 is 12.0 Å². The number of rotatable bonds is 4. The van der Waals surface area contributed by atoms with Crippen LogP contribution in [-0.4, -0.2) is 38.0 Å². The van der Waals surface area contributed by atoms with Gasteiger partial charge in [0.15, 0.2) is 0 Å². The zero-order chi connectivity index (χ0) is 11.5. The average Bonchev–Trinajstić information content (AvgIpc) is 2.68. The van der Waals surface area contributed by atoms with E-state index in [-0.39, 0.29) is 11.0 Å². The number of aromatic nitrogens is 2. The molecule has 0 fully saturated rings. The Morgan fingerprint density at radius 2 is 2.06 bits per heavy atom. The summed E-state index contributed by atoms with van der Waals surface area (Å²) in [6, 6.07) is 6.85. The third kappa shape index (κ3) is 3.52. The monoisotopic (exact) mass is 255 g/mol. The SMILES string of the molecule is NC(CCc1nc2ccccc2[nH]1)C(=O)O.O.O. The van der Waals surface area contributed by atoms with E-state index in [0.717, 1.165) is 16.9 Å². The zero-order valence-corrected chi connectivity index (χ0v) is 9.68. The maximum Gasteiger partial charge on any atom is 0.320 e. The molecule has 1 unspecified atom stereocenters. The van der Waals surface area contributed by atoms with Gasteiger partial charge in [0.2, 0.25) is 0 Å². The Balaban J connectivity index is 0.00000144. The van der Waals surface area contributed by atoms with Crippen LogP contribution in [0.3, 0.4) is 0 Å². The summed E-state index contributed by atoms with van der Waals surface area (Å²) in [5.74, 6) is -0.200. The van der Waals surface area contributed by atoms with Gasteiger partial charge in [-0.1, -0.05) is 12.1 Å². The minimum absolute atomic E-state index is 0. The van der Waals surface area contributed by atoms with Gasteiger partial charge in [0, 0.05) is 6.42 Å². The molecule has 1 aromatic carbocycles. The van der Waals surface area contributed by atoms with Crippen LogP contribution in [0.25, 0.3) is 11.0 Å². The first-order valence-corrected chi connectivity index (χ1v) is 5.09. The molecule has 1 heterocycles. The molecule has 1 aromatic heterocycles. The van der Waals surface area contributed by atoms with Gasteiger partial charge >= 0.3 is 5.97 Å². The van der Waals surface area contributed by atoms with Gasteiger partial charge in [-0.2, -0.15) is 0 Å². The smallest absolute Gasteiger partial charge is 0.320 e. The van der Waals surface area contributed by atoms with Gasteiger partial charge in [-0.25, -0.2) is 4.98 Å². The van der Waals surface area contributed by atoms with Crippen LogP contribution in [0.2, 0.25) is 0 Å². The highest BCUT2D eigenvalue weighted by Crippen LogP contribution is 2.11. The number of nitrogens with two attached hydrogens (primary N) is 1. The number of imidazole rings is 1. The second-order valence-electron chi connectivity index (χ2n) is 3.68. The standard InChI is InChI=1S/C11H13N3O2.2H2O/c12-7(11(15)16)5-6-10-13-8-3-1-2-4-9(8)14-10;;/h1-4,7H,5-6,12H2,(H,13,14)(H,15,16);2*1H2. The Bertz CT molecular complexity index is 479. The van der Waals surface area contributed by atoms with Gasteiger partial charge in [0.1, 0.15) is 11.9 Å². The first-order valence-electron chi connectivity index (χ1n) is 5.09. The lowest BCUT2D eigenvalue weighted by Crippen LogP contribution is -2.30. The summed E-state index contributed by atoms with van der Waals surface area (Å²) in [4.78, 5) is 18.0. The number of nitrogens with one attached hydrogen (secondary N) is 1. The molecular formula is C11H17N3O4. The van der Waals surface area contributed by atoms with Crippen molar-refractivity contribution in [3.8, 4) is 0 Å². The number of aryl methyl sites for hydroxylation is 1. The molecule has 0 radical (unpaired) electrons. The van der Waals surface area contributed by atoms with Crippen molar-refractivity contribution in [2.75, 3.05) is 0 Å². The minimum atomic E-state index is -0.976. The number of benzene rings is 1. The number of H-pyrrole nitrogens is 1. The van der Waals surface area contributed by atoms with Crippen LogP contribution in [0.1, 0.15) is 12.2 Å². The number of aliphatic carboxylic acids is 1. The Morgan fingerprint density at radius 3 is 2.67 bits per heavy atom. The lowest BCUT2D eigenvalue weighted by atomic mass is 10.2. The van der Waals surface area contributed by atoms with Crippen LogP contribution >= 0.6 is 0 Å². The molecule has 2 aromatic rings. The molecule has 0 saturated carbocycles. The predicted octanol–water partition coefficient (Wildman–Crippen LogP) is -0.742. The van der Waals surface area contributed by atoms with E-state index in [1.807, 2.05) is 24.3 Å². The maximum absolute atomic E-state index is 10.5. The van der Waals surface area contributed by atoms with Gasteiger partial charge in [-0.3, -0.25) is 4.79 Å². The molecule has 0 amide bonds. The third-order valence-corrected chi connectivity index (χ3v) is 2.45. The van der Waals surface area contributed by atoms with E-state index in [1.54, 1.807) is 0 Å². The predicted molar refractivity (Wildman–Crippen MR) is 67.3 cm³/mol. The lowest BCUT2D eigenvalue weighted by molar-refractivity contribution is -0.138. The normalized spacial score (nSPS) is 11.4. The molecule has 7 heteroatoms. The molecule has 0 spiro atoms. The van der Waals surface area contributed by atoms with Crippen molar-refractivity contribution in [3.63, 3.8) is 0 Å². The Kier molecular flexibility index (Phi) is 5.97. The number of para-hydroxylation sites is 2. The molecule has 7 nitrogen and oxygen atoms in total. The third-order valence-electron chi connectivity index (χ3n) is 2.45. The number of carbonyl (C=O) groups is 1. The van der Waals surface area contributed by atoms with Crippen molar-refractivity contribution in [2.45, 2.75) is 18.9 Å². The van der Waals surface area contributed by atoms with Gasteiger partial charge in [-0.15, -0.1) is 0 Å². The number of carboxylic acids is 1. The Morgan fingerprint density at radius 1 is 1.39 bits per heavy atom. The molecule has 0 bridgehead atoms. The Hall–Kier alpha value is -1.96. The molecule has 0 aliphatic rings. The summed E-state index contributed by atoms with van der Waals surface area (Å²) in [7, 11) is 0. The number of hydrogen-bond acceptors (Lipinski definition) is 3. The van der Waals surface area contributed by atoms with E-state index in [9.17, 15) is 4.79 Å². The van der Waals surface area contributed by atoms with E-state index in [2.05, 4.69) is 9.97 Å². The molecule has 0 aliphatic carbocycles. The van der Waals surface area contributed by atoms with Gasteiger partial charge in [0.05, 0.1) is 11.0 Å². The van der Waals surface area contributed by atoms with Crippen LogP contribution in [-0.2, 0) is 11.2 Å². The number of hydrogen-bond donors (Lipinski definition) is 3. The van der Waals surface area contributed by atoms with Crippen LogP contribution in [0.15, 0.2) is 24.3 Å². The van der Waals surface area contributed by atoms with E-state index in [4.69, 9.17) is 10.8 Å². The van der Waals surface area contributed by atoms with E-state index in [1.165, 1.54) is 0 Å². The molecular weight excluding hydrogens is 238 g/mol. The summed E-state index contributed by atoms with van der Waals surface area (Å²) >= 11 is 0. The fraction of sp³-hybridized carbons (Fsp3) is 0.273. The highest BCUT2D eigenvalue weighted by atomic mass is 16.4. The average molecular weight is 255 g/mol. The molecule has 18 heavy (non-hydrogen) atoms. The summed E-state index contributed by atoms with van der Waals surface area (Å²) in [6.07, 6.45) is 0.928. The fourth-order valence-electron chi connectivity index (χ4n) is 1.54. The number of aromatic amines is 1. The zero-order valence-electron chi connectivity index (χ0n) is 9.68. The molecule has 8 N–H and O–H groups in total. The molecule has 2 rings (SSSR count). The van der Waals surface area contributed by atoms with Crippen molar-refractivity contribution >= 4 is 17.0 Å². The highest BCUT2D eigenvalue weighted by molar-refractivity contribution is 5.75. The topological polar surface area (TPSA) is 155 Å². The quantitative estimate of drug-likeness (QED) is 0.657. The largest absolute Gasteiger partial charge is 0.480 e. The van der Waals surface area contributed by atoms with Crippen molar-refractivity contribution < 1.29 is 20.9 Å². The summed E-state index contributed by atoms with van der Waals surface area (Å²) in [5, 5.41) is 8.64. The summed E-state index contributed by atoms with van der Waals surface area (Å²) in [5.41, 5.74) is 7.27. The maximum atomic E-state index is 10.5. The van der Waals surface area contributed by atoms with Crippen molar-refractivity contribution in [1.29, 1.82) is 0 Å². The van der Waals surface area contributed by atoms with Crippen LogP contribution in [0, 0.1) is 0 Å². The molecule has 1 atom stereocenters. The van der Waals surface area contributed by atoms with Gasteiger partial charge in [-0.05, 0) is 18.6 Å². The number of carboxylic acid groups (broad SMARTS) is 1. The summed E-state index contributed by atoms with van der Waals surface area (Å²) < 4.78 is 0. The first kappa shape index (κ1) is 16.0. The Labute approximate surface area is 103 Å². The van der Waals surface area contributed by atoms with Gasteiger partial charge < -0.3 is 26.8 Å². The van der Waals surface area contributed by atoms with E-state index in [0.29, 0.717) is 12.8 Å². The van der Waals surface area contributed by atoms with Crippen molar-refractivity contribution in [3.05, 3.63) is 30.1 Å². The second-order valence-corrected chi connectivity index (χ2v) is 3.68. The molecule has 0 saturated heterocycles. The fourth-order valence-corrected chi connectivity index (χ4v) is 1.54. The highest BCUT2D eigenvalue weighted by Gasteiger charge is 2.12. The second kappa shape index (κ2) is 6.70. The summed E-state index contributed by atoms with van der Waals surface area (Å²) in [6.45, 7) is 0. The van der Waals surface area contributed by atoms with E-state index >= 15 is 0 Å². The number of fused-ring (bicyclic) bond motifs is 1. The van der Waals surface area contributed by atoms with Gasteiger partial charge in [0.25, 0.3) is 0 Å². The minimum Gasteiger partial charge on any atom is -0.480 e. The van der Waals surface area contributed by atoms with Crippen LogP contribution < -0.4 is 5.73 Å². The lowest BCUT2D eigenvalue weighted by Gasteiger charge is -2.03. The molecule has 100 valence electrons. The van der Waals surface area contributed by atoms with Crippen molar-refractivity contribution in [1.82, 2.24) is 9.97 Å². The number of nitrogens with zero attached hydrogens (tertiary/aromatic N) is 1. The molecule has 0 aliphatic heterocycles. The van der Waals surface area contributed by atoms with Crippen LogP contribution in [0.5, 0.6) is 0 Å².